The first-order chi connectivity index (χ1) is 8.63. The van der Waals surface area contributed by atoms with Gasteiger partial charge in [-0.3, -0.25) is 5.10 Å². The van der Waals surface area contributed by atoms with Crippen LogP contribution >= 0.6 is 0 Å². The minimum Gasteiger partial charge on any atom is -0.369 e. The number of nitrogens with one attached hydrogen (secondary N) is 2. The lowest BCUT2D eigenvalue weighted by Crippen LogP contribution is -2.25. The third-order valence-corrected chi connectivity index (χ3v) is 3.76. The van der Waals surface area contributed by atoms with E-state index < -0.39 is 0 Å². The summed E-state index contributed by atoms with van der Waals surface area (Å²) in [5.74, 6) is 1.01. The topological polar surface area (TPSA) is 40.7 Å². The Balaban J connectivity index is 2.21. The molecule has 1 aliphatic carbocycles. The van der Waals surface area contributed by atoms with E-state index in [2.05, 4.69) is 60.6 Å². The van der Waals surface area contributed by atoms with Crippen molar-refractivity contribution < 1.29 is 0 Å². The average molecular weight is 241 g/mol. The van der Waals surface area contributed by atoms with Gasteiger partial charge in [0.05, 0.1) is 5.69 Å². The van der Waals surface area contributed by atoms with Gasteiger partial charge in [0, 0.05) is 17.7 Å². The second kappa shape index (κ2) is 3.87. The molecule has 2 N–H and O–H groups in total. The minimum absolute atomic E-state index is 0.164. The minimum atomic E-state index is 0.164. The maximum absolute atomic E-state index is 4.42. The Morgan fingerprint density at radius 1 is 1.33 bits per heavy atom. The Kier molecular flexibility index (Phi) is 2.44. The van der Waals surface area contributed by atoms with Gasteiger partial charge in [-0.2, -0.15) is 5.10 Å². The zero-order chi connectivity index (χ0) is 12.8. The summed E-state index contributed by atoms with van der Waals surface area (Å²) in [5, 5.41) is 11.0. The molecule has 3 nitrogen and oxygen atoms in total. The van der Waals surface area contributed by atoms with E-state index in [1.54, 1.807) is 0 Å². The number of aromatic amines is 1. The summed E-state index contributed by atoms with van der Waals surface area (Å²) in [5.41, 5.74) is 5.36. The molecule has 0 radical (unpaired) electrons. The number of aromatic nitrogens is 2. The summed E-state index contributed by atoms with van der Waals surface area (Å²) in [4.78, 5) is 0. The second-order valence-electron chi connectivity index (χ2n) is 5.56. The van der Waals surface area contributed by atoms with Crippen molar-refractivity contribution in [3.63, 3.8) is 0 Å². The molecule has 18 heavy (non-hydrogen) atoms. The van der Waals surface area contributed by atoms with E-state index in [-0.39, 0.29) is 5.41 Å². The summed E-state index contributed by atoms with van der Waals surface area (Å²) in [6, 6.07) is 8.62. The van der Waals surface area contributed by atoms with Crippen molar-refractivity contribution in [2.45, 2.75) is 32.6 Å². The van der Waals surface area contributed by atoms with Gasteiger partial charge in [0.2, 0.25) is 0 Å². The predicted octanol–water partition coefficient (Wildman–Crippen LogP) is 3.34. The zero-order valence-electron chi connectivity index (χ0n) is 11.2. The monoisotopic (exact) mass is 241 g/mol. The molecular formula is C15H19N3. The van der Waals surface area contributed by atoms with Crippen molar-refractivity contribution in [3.8, 4) is 11.3 Å². The fourth-order valence-electron chi connectivity index (χ4n) is 2.90. The van der Waals surface area contributed by atoms with Crippen molar-refractivity contribution in [3.05, 3.63) is 35.4 Å². The van der Waals surface area contributed by atoms with Crippen molar-refractivity contribution in [1.29, 1.82) is 0 Å². The molecule has 0 saturated carbocycles. The van der Waals surface area contributed by atoms with Gasteiger partial charge in [-0.05, 0) is 24.3 Å². The summed E-state index contributed by atoms with van der Waals surface area (Å²) in [6.07, 6.45) is 1.03. The zero-order valence-corrected chi connectivity index (χ0v) is 11.2. The van der Waals surface area contributed by atoms with Gasteiger partial charge in [0.25, 0.3) is 0 Å². The van der Waals surface area contributed by atoms with Crippen molar-refractivity contribution in [2.24, 2.45) is 0 Å². The number of nitrogens with zero attached hydrogens (tertiary/aromatic N) is 1. The Labute approximate surface area is 108 Å². The highest BCUT2D eigenvalue weighted by molar-refractivity contribution is 5.75. The van der Waals surface area contributed by atoms with Crippen LogP contribution in [0.3, 0.4) is 0 Å². The van der Waals surface area contributed by atoms with Gasteiger partial charge in [-0.25, -0.2) is 0 Å². The Morgan fingerprint density at radius 2 is 2.11 bits per heavy atom. The third kappa shape index (κ3) is 1.54. The van der Waals surface area contributed by atoms with E-state index in [0.29, 0.717) is 0 Å². The molecule has 0 amide bonds. The van der Waals surface area contributed by atoms with Crippen LogP contribution in [0.5, 0.6) is 0 Å². The van der Waals surface area contributed by atoms with E-state index in [4.69, 9.17) is 0 Å². The summed E-state index contributed by atoms with van der Waals surface area (Å²) in [7, 11) is 0. The van der Waals surface area contributed by atoms with Crippen LogP contribution in [0.2, 0.25) is 0 Å². The van der Waals surface area contributed by atoms with Gasteiger partial charge in [0.1, 0.15) is 0 Å². The van der Waals surface area contributed by atoms with Crippen molar-refractivity contribution >= 4 is 5.82 Å². The fourth-order valence-corrected chi connectivity index (χ4v) is 2.90. The van der Waals surface area contributed by atoms with E-state index in [1.165, 1.54) is 22.4 Å². The van der Waals surface area contributed by atoms with Crippen LogP contribution in [-0.2, 0) is 11.8 Å². The van der Waals surface area contributed by atoms with Crippen LogP contribution in [-0.4, -0.2) is 16.7 Å². The average Bonchev–Trinajstić information content (AvgIpc) is 2.73. The largest absolute Gasteiger partial charge is 0.369 e. The fraction of sp³-hybridized carbons (Fsp3) is 0.400. The highest BCUT2D eigenvalue weighted by atomic mass is 15.2. The van der Waals surface area contributed by atoms with Gasteiger partial charge in [-0.1, -0.05) is 38.1 Å². The lowest BCUT2D eigenvalue weighted by molar-refractivity contribution is 0.518. The Hall–Kier alpha value is -1.77. The molecule has 3 rings (SSSR count). The third-order valence-electron chi connectivity index (χ3n) is 3.76. The molecule has 0 aliphatic heterocycles. The van der Waals surface area contributed by atoms with E-state index in [0.717, 1.165) is 18.8 Å². The molecule has 0 bridgehead atoms. The second-order valence-corrected chi connectivity index (χ2v) is 5.56. The number of hydrogen-bond donors (Lipinski definition) is 2. The van der Waals surface area contributed by atoms with Crippen LogP contribution in [0.25, 0.3) is 11.3 Å². The number of anilines is 1. The summed E-state index contributed by atoms with van der Waals surface area (Å²) in [6.45, 7) is 7.61. The van der Waals surface area contributed by atoms with Crippen LogP contribution < -0.4 is 5.32 Å². The quantitative estimate of drug-likeness (QED) is 0.846. The predicted molar refractivity (Wildman–Crippen MR) is 74.9 cm³/mol. The molecule has 1 aliphatic rings. The molecule has 1 aromatic heterocycles. The van der Waals surface area contributed by atoms with Gasteiger partial charge >= 0.3 is 0 Å². The van der Waals surface area contributed by atoms with E-state index in [9.17, 15) is 0 Å². The Bertz CT molecular complexity index is 581. The molecule has 0 atom stereocenters. The molecule has 3 heteroatoms. The normalized spacial score (nSPS) is 15.9. The Morgan fingerprint density at radius 3 is 2.89 bits per heavy atom. The molecule has 94 valence electrons. The smallest absolute Gasteiger partial charge is 0.151 e. The van der Waals surface area contributed by atoms with Gasteiger partial charge in [-0.15, -0.1) is 0 Å². The van der Waals surface area contributed by atoms with Crippen LogP contribution in [0.15, 0.2) is 24.3 Å². The lowest BCUT2D eigenvalue weighted by Gasteiger charge is -2.32. The lowest BCUT2D eigenvalue weighted by atomic mass is 9.72. The molecule has 0 fully saturated rings. The molecule has 1 aromatic carbocycles. The van der Waals surface area contributed by atoms with Crippen LogP contribution in [0.4, 0.5) is 5.82 Å². The number of benzene rings is 1. The molecule has 0 saturated heterocycles. The van der Waals surface area contributed by atoms with E-state index >= 15 is 0 Å². The first-order valence-electron chi connectivity index (χ1n) is 6.54. The van der Waals surface area contributed by atoms with Gasteiger partial charge in [0.15, 0.2) is 5.82 Å². The standard InChI is InChI=1S/C15H19N3/c1-4-16-14-11-9-15(2,3)12-8-6-5-7-10(12)13(11)17-18-14/h5-8H,4,9H2,1-3H3,(H2,16,17,18). The number of rotatable bonds is 2. The maximum Gasteiger partial charge on any atom is 0.151 e. The number of H-pyrrole nitrogens is 1. The molecular weight excluding hydrogens is 222 g/mol. The summed E-state index contributed by atoms with van der Waals surface area (Å²) < 4.78 is 0. The highest BCUT2D eigenvalue weighted by Crippen LogP contribution is 2.43. The van der Waals surface area contributed by atoms with Gasteiger partial charge < -0.3 is 5.32 Å². The first-order valence-corrected chi connectivity index (χ1v) is 6.54. The number of fused-ring (bicyclic) bond motifs is 3. The molecule has 0 unspecified atom stereocenters. The van der Waals surface area contributed by atoms with Crippen LogP contribution in [0.1, 0.15) is 31.9 Å². The van der Waals surface area contributed by atoms with Crippen molar-refractivity contribution in [2.75, 3.05) is 11.9 Å². The molecule has 1 heterocycles. The first kappa shape index (κ1) is 11.3. The van der Waals surface area contributed by atoms with Crippen LogP contribution in [0, 0.1) is 0 Å². The number of hydrogen-bond acceptors (Lipinski definition) is 2. The molecule has 2 aromatic rings. The van der Waals surface area contributed by atoms with E-state index in [1.807, 2.05) is 0 Å². The highest BCUT2D eigenvalue weighted by Gasteiger charge is 2.33. The molecule has 0 spiro atoms. The maximum atomic E-state index is 4.42. The van der Waals surface area contributed by atoms with Crippen molar-refractivity contribution in [1.82, 2.24) is 10.2 Å². The SMILES string of the molecule is CCNc1n[nH]c2c1CC(C)(C)c1ccccc1-2. The summed E-state index contributed by atoms with van der Waals surface area (Å²) >= 11 is 0.